The van der Waals surface area contributed by atoms with E-state index in [9.17, 15) is 8.42 Å². The molecule has 0 unspecified atom stereocenters. The van der Waals surface area contributed by atoms with Crippen molar-refractivity contribution in [3.05, 3.63) is 29.8 Å². The van der Waals surface area contributed by atoms with Gasteiger partial charge in [0, 0.05) is 38.1 Å². The molecule has 1 fully saturated rings. The molecule has 3 rings (SSSR count). The Labute approximate surface area is 158 Å². The number of hydrogen-bond acceptors (Lipinski definition) is 7. The lowest BCUT2D eigenvalue weighted by molar-refractivity contribution is 0.150. The summed E-state index contributed by atoms with van der Waals surface area (Å²) in [5, 5.41) is 7.04. The van der Waals surface area contributed by atoms with E-state index in [1.165, 1.54) is 30.7 Å². The Hall–Kier alpha value is -2.17. The smallest absolute Gasteiger partial charge is 0.243 e. The first-order valence-corrected chi connectivity index (χ1v) is 9.94. The summed E-state index contributed by atoms with van der Waals surface area (Å²) in [5.74, 6) is 1.99. The molecule has 1 N–H and O–H groups in total. The van der Waals surface area contributed by atoms with Gasteiger partial charge in [-0.25, -0.2) is 13.4 Å². The molecular weight excluding hydrogens is 372 g/mol. The third kappa shape index (κ3) is 3.78. The summed E-state index contributed by atoms with van der Waals surface area (Å²) >= 11 is 0. The Bertz CT molecular complexity index is 898. The minimum absolute atomic E-state index is 0.0277. The van der Waals surface area contributed by atoms with Gasteiger partial charge in [-0.3, -0.25) is 5.10 Å². The van der Waals surface area contributed by atoms with Crippen LogP contribution in [-0.2, 0) is 14.8 Å². The number of benzene rings is 1. The summed E-state index contributed by atoms with van der Waals surface area (Å²) in [5.41, 5.74) is 0. The van der Waals surface area contributed by atoms with Crippen LogP contribution in [0, 0.1) is 12.8 Å². The number of H-pyrrole nitrogens is 1. The number of rotatable bonds is 7. The molecule has 2 atom stereocenters. The molecule has 1 aromatic heterocycles. The van der Waals surface area contributed by atoms with Gasteiger partial charge < -0.3 is 14.2 Å². The number of aryl methyl sites for hydroxylation is 1. The lowest BCUT2D eigenvalue weighted by Crippen LogP contribution is -2.29. The van der Waals surface area contributed by atoms with Gasteiger partial charge in [0.15, 0.2) is 17.3 Å². The average Bonchev–Trinajstić information content (AvgIpc) is 3.28. The number of hydrogen-bond donors (Lipinski definition) is 1. The summed E-state index contributed by atoms with van der Waals surface area (Å²) in [6.07, 6.45) is 0. The zero-order valence-corrected chi connectivity index (χ0v) is 16.6. The summed E-state index contributed by atoms with van der Waals surface area (Å²) < 4.78 is 43.5. The minimum Gasteiger partial charge on any atom is -0.493 e. The fourth-order valence-electron chi connectivity index (χ4n) is 3.36. The lowest BCUT2D eigenvalue weighted by atomic mass is 9.96. The van der Waals surface area contributed by atoms with E-state index in [2.05, 4.69) is 15.2 Å². The fraction of sp³-hybridized carbons (Fsp3) is 0.529. The Morgan fingerprint density at radius 1 is 1.19 bits per heavy atom. The molecule has 1 aliphatic rings. The number of sulfonamides is 1. The third-order valence-corrected chi connectivity index (χ3v) is 6.55. The van der Waals surface area contributed by atoms with Crippen LogP contribution in [0.5, 0.6) is 11.5 Å². The maximum atomic E-state index is 13.2. The predicted octanol–water partition coefficient (Wildman–Crippen LogP) is 1.18. The molecule has 0 amide bonds. The highest BCUT2D eigenvalue weighted by Gasteiger charge is 2.42. The summed E-state index contributed by atoms with van der Waals surface area (Å²) in [7, 11) is 0.876. The van der Waals surface area contributed by atoms with Crippen molar-refractivity contribution in [2.24, 2.45) is 5.92 Å². The minimum atomic E-state index is -3.71. The molecule has 2 aromatic rings. The van der Waals surface area contributed by atoms with Gasteiger partial charge in [0.25, 0.3) is 0 Å². The standard InChI is InChI=1S/C17H24N4O5S/c1-11-18-17(20-19-11)14-9-21(8-12(14)10-24-2)27(22,23)13-5-6-15(25-3)16(7-13)26-4/h5-7,12,14H,8-10H2,1-4H3,(H,18,19,20)/t12-,14+/m0/s1. The number of methoxy groups -OCH3 is 3. The van der Waals surface area contributed by atoms with E-state index in [1.807, 2.05) is 6.92 Å². The molecule has 27 heavy (non-hydrogen) atoms. The Balaban J connectivity index is 1.90. The maximum absolute atomic E-state index is 13.2. The third-order valence-electron chi connectivity index (χ3n) is 4.73. The van der Waals surface area contributed by atoms with Crippen LogP contribution in [0.25, 0.3) is 0 Å². The van der Waals surface area contributed by atoms with Crippen molar-refractivity contribution < 1.29 is 22.6 Å². The maximum Gasteiger partial charge on any atom is 0.243 e. The second-order valence-corrected chi connectivity index (χ2v) is 8.38. The highest BCUT2D eigenvalue weighted by molar-refractivity contribution is 7.89. The molecule has 0 aliphatic carbocycles. The molecule has 1 saturated heterocycles. The van der Waals surface area contributed by atoms with Gasteiger partial charge in [-0.15, -0.1) is 0 Å². The molecule has 148 valence electrons. The first kappa shape index (κ1) is 19.6. The van der Waals surface area contributed by atoms with Gasteiger partial charge in [-0.2, -0.15) is 9.40 Å². The zero-order chi connectivity index (χ0) is 19.6. The van der Waals surface area contributed by atoms with Crippen molar-refractivity contribution in [1.82, 2.24) is 19.5 Å². The van der Waals surface area contributed by atoms with Gasteiger partial charge >= 0.3 is 0 Å². The normalized spacial score (nSPS) is 20.7. The first-order valence-electron chi connectivity index (χ1n) is 8.50. The topological polar surface area (TPSA) is 107 Å². The average molecular weight is 396 g/mol. The molecule has 9 nitrogen and oxygen atoms in total. The number of nitrogens with one attached hydrogen (secondary N) is 1. The van der Waals surface area contributed by atoms with Gasteiger partial charge in [0.2, 0.25) is 10.0 Å². The predicted molar refractivity (Wildman–Crippen MR) is 97.5 cm³/mol. The highest BCUT2D eigenvalue weighted by atomic mass is 32.2. The molecule has 0 radical (unpaired) electrons. The van der Waals surface area contributed by atoms with E-state index < -0.39 is 10.0 Å². The van der Waals surface area contributed by atoms with Crippen LogP contribution >= 0.6 is 0 Å². The first-order chi connectivity index (χ1) is 12.9. The van der Waals surface area contributed by atoms with Gasteiger partial charge in [-0.05, 0) is 19.1 Å². The SMILES string of the molecule is COC[C@@H]1CN(S(=O)(=O)c2ccc(OC)c(OC)c2)C[C@H]1c1n[nH]c(C)n1. The zero-order valence-electron chi connectivity index (χ0n) is 15.8. The molecule has 0 saturated carbocycles. The molecule has 0 bridgehead atoms. The van der Waals surface area contributed by atoms with E-state index in [4.69, 9.17) is 14.2 Å². The Morgan fingerprint density at radius 2 is 1.93 bits per heavy atom. The van der Waals surface area contributed by atoms with Crippen molar-refractivity contribution in [3.63, 3.8) is 0 Å². The number of ether oxygens (including phenoxy) is 3. The number of nitrogens with zero attached hydrogens (tertiary/aromatic N) is 3. The monoisotopic (exact) mass is 396 g/mol. The molecular formula is C17H24N4O5S. The second-order valence-electron chi connectivity index (χ2n) is 6.44. The molecule has 2 heterocycles. The molecule has 0 spiro atoms. The van der Waals surface area contributed by atoms with E-state index >= 15 is 0 Å². The quantitative estimate of drug-likeness (QED) is 0.749. The van der Waals surface area contributed by atoms with Crippen molar-refractivity contribution >= 4 is 10.0 Å². The number of aromatic nitrogens is 3. The van der Waals surface area contributed by atoms with Crippen molar-refractivity contribution in [1.29, 1.82) is 0 Å². The van der Waals surface area contributed by atoms with Crippen LogP contribution in [0.1, 0.15) is 17.6 Å². The Morgan fingerprint density at radius 3 is 2.52 bits per heavy atom. The highest BCUT2D eigenvalue weighted by Crippen LogP contribution is 2.36. The largest absolute Gasteiger partial charge is 0.493 e. The van der Waals surface area contributed by atoms with Crippen molar-refractivity contribution in [3.8, 4) is 11.5 Å². The van der Waals surface area contributed by atoms with Gasteiger partial charge in [0.05, 0.1) is 25.7 Å². The van der Waals surface area contributed by atoms with Crippen LogP contribution in [0.15, 0.2) is 23.1 Å². The number of aromatic amines is 1. The summed E-state index contributed by atoms with van der Waals surface area (Å²) in [6.45, 7) is 2.87. The van der Waals surface area contributed by atoms with Crippen LogP contribution in [-0.4, -0.2) is 68.9 Å². The van der Waals surface area contributed by atoms with Crippen LogP contribution in [0.3, 0.4) is 0 Å². The second kappa shape index (κ2) is 7.83. The summed E-state index contributed by atoms with van der Waals surface area (Å²) in [4.78, 5) is 4.54. The van der Waals surface area contributed by atoms with E-state index in [0.29, 0.717) is 42.8 Å². The lowest BCUT2D eigenvalue weighted by Gasteiger charge is -2.17. The van der Waals surface area contributed by atoms with E-state index in [1.54, 1.807) is 13.2 Å². The molecule has 1 aliphatic heterocycles. The van der Waals surface area contributed by atoms with E-state index in [-0.39, 0.29) is 16.7 Å². The van der Waals surface area contributed by atoms with Gasteiger partial charge in [-0.1, -0.05) is 0 Å². The van der Waals surface area contributed by atoms with Crippen LogP contribution in [0.4, 0.5) is 0 Å². The fourth-order valence-corrected chi connectivity index (χ4v) is 4.89. The van der Waals surface area contributed by atoms with Crippen molar-refractivity contribution in [2.75, 3.05) is 41.0 Å². The van der Waals surface area contributed by atoms with Crippen molar-refractivity contribution in [2.45, 2.75) is 17.7 Å². The van der Waals surface area contributed by atoms with Crippen LogP contribution in [0.2, 0.25) is 0 Å². The Kier molecular flexibility index (Phi) is 5.68. The molecule has 10 heteroatoms. The summed E-state index contributed by atoms with van der Waals surface area (Å²) in [6, 6.07) is 4.58. The van der Waals surface area contributed by atoms with Gasteiger partial charge in [0.1, 0.15) is 5.82 Å². The van der Waals surface area contributed by atoms with Crippen LogP contribution < -0.4 is 9.47 Å². The van der Waals surface area contributed by atoms with E-state index in [0.717, 1.165) is 0 Å². The molecule has 1 aromatic carbocycles.